The van der Waals surface area contributed by atoms with E-state index >= 15 is 8.78 Å². The quantitative estimate of drug-likeness (QED) is 0.250. The van der Waals surface area contributed by atoms with Gasteiger partial charge >= 0.3 is 0 Å². The highest BCUT2D eigenvalue weighted by atomic mass is 19.1. The van der Waals surface area contributed by atoms with E-state index in [9.17, 15) is 4.79 Å². The SMILES string of the molecule is C=C(NC(C)C)c1ccc(C)c(-c2nc(N3CCC(N4CCCCC4)CC3)nc(N(C=O)c3c(F)cccc3F)c2CNC)c1. The summed E-state index contributed by atoms with van der Waals surface area (Å²) in [7, 11) is 1.78. The van der Waals surface area contributed by atoms with Gasteiger partial charge in [-0.2, -0.15) is 4.98 Å². The molecule has 0 unspecified atom stereocenters. The number of hydrogen-bond acceptors (Lipinski definition) is 7. The molecule has 2 saturated heterocycles. The number of carbonyl (C=O) groups excluding carboxylic acids is 1. The van der Waals surface area contributed by atoms with E-state index < -0.39 is 17.3 Å². The van der Waals surface area contributed by atoms with Gasteiger partial charge in [0.2, 0.25) is 12.4 Å². The Labute approximate surface area is 265 Å². The molecule has 3 heterocycles. The Balaban J connectivity index is 1.65. The van der Waals surface area contributed by atoms with Gasteiger partial charge in [-0.3, -0.25) is 9.69 Å². The van der Waals surface area contributed by atoms with E-state index in [1.165, 1.54) is 25.3 Å². The maximum atomic E-state index is 15.2. The number of piperidine rings is 2. The molecule has 240 valence electrons. The van der Waals surface area contributed by atoms with Crippen LogP contribution < -0.4 is 20.4 Å². The van der Waals surface area contributed by atoms with Crippen molar-refractivity contribution in [2.75, 3.05) is 43.0 Å². The zero-order valence-corrected chi connectivity index (χ0v) is 26.9. The molecular weight excluding hydrogens is 572 g/mol. The lowest BCUT2D eigenvalue weighted by molar-refractivity contribution is -0.106. The number of nitrogens with one attached hydrogen (secondary N) is 2. The Morgan fingerprint density at radius 2 is 1.76 bits per heavy atom. The summed E-state index contributed by atoms with van der Waals surface area (Å²) in [6, 6.07) is 10.3. The Hall–Kier alpha value is -3.89. The van der Waals surface area contributed by atoms with E-state index in [4.69, 9.17) is 9.97 Å². The van der Waals surface area contributed by atoms with Crippen LogP contribution in [0.5, 0.6) is 0 Å². The Bertz CT molecular complexity index is 1490. The van der Waals surface area contributed by atoms with Crippen LogP contribution in [0.2, 0.25) is 0 Å². The third-order valence-corrected chi connectivity index (χ3v) is 8.80. The van der Waals surface area contributed by atoms with Crippen LogP contribution in [0.15, 0.2) is 43.0 Å². The predicted molar refractivity (Wildman–Crippen MR) is 177 cm³/mol. The monoisotopic (exact) mass is 617 g/mol. The minimum absolute atomic E-state index is 0.144. The van der Waals surface area contributed by atoms with E-state index in [-0.39, 0.29) is 18.4 Å². The molecule has 0 radical (unpaired) electrons. The summed E-state index contributed by atoms with van der Waals surface area (Å²) in [6.07, 6.45) is 6.16. The summed E-state index contributed by atoms with van der Waals surface area (Å²) in [5.41, 5.74) is 4.16. The first-order valence-corrected chi connectivity index (χ1v) is 16.0. The first kappa shape index (κ1) is 32.5. The minimum atomic E-state index is -0.851. The normalized spacial score (nSPS) is 16.2. The van der Waals surface area contributed by atoms with Crippen LogP contribution in [0, 0.1) is 18.6 Å². The molecular formula is C35H45F2N7O. The van der Waals surface area contributed by atoms with Gasteiger partial charge in [0.15, 0.2) is 5.82 Å². The van der Waals surface area contributed by atoms with Gasteiger partial charge in [0, 0.05) is 48.5 Å². The second kappa shape index (κ2) is 14.5. The molecule has 5 rings (SSSR count). The fourth-order valence-electron chi connectivity index (χ4n) is 6.50. The first-order valence-electron chi connectivity index (χ1n) is 16.0. The zero-order chi connectivity index (χ0) is 32.1. The standard InChI is InChI=1S/C35H45F2N7O/c1-23(2)39-25(4)26-13-12-24(3)28(20-26)32-29(21-38-5)34(44(22-45)33-30(36)10-9-11-31(33)37)41-35(40-32)43-18-14-27(15-19-43)42-16-7-6-8-17-42/h9-13,20,22-23,27,38-39H,4,6-8,14-19,21H2,1-3,5H3. The summed E-state index contributed by atoms with van der Waals surface area (Å²) in [4.78, 5) is 28.5. The van der Waals surface area contributed by atoms with Crippen LogP contribution in [-0.4, -0.2) is 66.6 Å². The maximum absolute atomic E-state index is 15.2. The number of halogens is 2. The molecule has 45 heavy (non-hydrogen) atoms. The second-order valence-corrected chi connectivity index (χ2v) is 12.4. The van der Waals surface area contributed by atoms with E-state index in [1.54, 1.807) is 7.05 Å². The van der Waals surface area contributed by atoms with Crippen LogP contribution >= 0.6 is 0 Å². The van der Waals surface area contributed by atoms with Gasteiger partial charge in [0.05, 0.1) is 5.69 Å². The third kappa shape index (κ3) is 7.17. The summed E-state index contributed by atoms with van der Waals surface area (Å²) < 4.78 is 30.3. The highest BCUT2D eigenvalue weighted by Crippen LogP contribution is 2.38. The molecule has 2 aromatic carbocycles. The van der Waals surface area contributed by atoms with Crippen LogP contribution in [0.25, 0.3) is 17.0 Å². The number of hydrogen-bond donors (Lipinski definition) is 2. The summed E-state index contributed by atoms with van der Waals surface area (Å²) >= 11 is 0. The van der Waals surface area contributed by atoms with Crippen LogP contribution in [0.4, 0.5) is 26.2 Å². The molecule has 3 aromatic rings. The molecule has 0 saturated carbocycles. The summed E-state index contributed by atoms with van der Waals surface area (Å²) in [5.74, 6) is -1.12. The van der Waals surface area contributed by atoms with Crippen molar-refractivity contribution in [3.8, 4) is 11.3 Å². The van der Waals surface area contributed by atoms with Crippen LogP contribution in [0.3, 0.4) is 0 Å². The van der Waals surface area contributed by atoms with Gasteiger partial charge in [0.25, 0.3) is 0 Å². The van der Waals surface area contributed by atoms with Crippen LogP contribution in [0.1, 0.15) is 62.6 Å². The molecule has 10 heteroatoms. The number of nitrogens with zero attached hydrogens (tertiary/aromatic N) is 5. The molecule has 0 bridgehead atoms. The predicted octanol–water partition coefficient (Wildman–Crippen LogP) is 6.17. The number of amides is 1. The lowest BCUT2D eigenvalue weighted by Gasteiger charge is -2.40. The van der Waals surface area contributed by atoms with Crippen molar-refractivity contribution in [2.24, 2.45) is 0 Å². The van der Waals surface area contributed by atoms with Gasteiger partial charge in [-0.25, -0.2) is 13.8 Å². The molecule has 2 aliphatic rings. The van der Waals surface area contributed by atoms with Crippen molar-refractivity contribution in [1.29, 1.82) is 0 Å². The van der Waals surface area contributed by atoms with Gasteiger partial charge in [-0.05, 0) is 95.9 Å². The fraction of sp³-hybridized carbons (Fsp3) is 0.457. The zero-order valence-electron chi connectivity index (χ0n) is 26.9. The van der Waals surface area contributed by atoms with Gasteiger partial charge in [-0.1, -0.05) is 31.2 Å². The number of anilines is 3. The third-order valence-electron chi connectivity index (χ3n) is 8.80. The average molecular weight is 618 g/mol. The Kier molecular flexibility index (Phi) is 10.5. The Morgan fingerprint density at radius 3 is 2.38 bits per heavy atom. The molecule has 8 nitrogen and oxygen atoms in total. The molecule has 0 spiro atoms. The van der Waals surface area contributed by atoms with Crippen molar-refractivity contribution < 1.29 is 13.6 Å². The van der Waals surface area contributed by atoms with Crippen molar-refractivity contribution in [3.63, 3.8) is 0 Å². The van der Waals surface area contributed by atoms with E-state index in [2.05, 4.69) is 40.9 Å². The number of benzene rings is 2. The fourth-order valence-corrected chi connectivity index (χ4v) is 6.50. The highest BCUT2D eigenvalue weighted by molar-refractivity contribution is 5.89. The number of aryl methyl sites for hydroxylation is 1. The number of likely N-dealkylation sites (tertiary alicyclic amines) is 1. The summed E-state index contributed by atoms with van der Waals surface area (Å²) in [6.45, 7) is 14.4. The molecule has 1 amide bonds. The van der Waals surface area contributed by atoms with Gasteiger partial charge in [0.1, 0.15) is 17.3 Å². The minimum Gasteiger partial charge on any atom is -0.383 e. The van der Waals surface area contributed by atoms with Crippen molar-refractivity contribution in [1.82, 2.24) is 25.5 Å². The molecule has 2 fully saturated rings. The van der Waals surface area contributed by atoms with E-state index in [1.807, 2.05) is 25.1 Å². The molecule has 2 N–H and O–H groups in total. The van der Waals surface area contributed by atoms with Crippen molar-refractivity contribution in [2.45, 2.75) is 71.5 Å². The van der Waals surface area contributed by atoms with E-state index in [0.717, 1.165) is 78.4 Å². The molecule has 0 aliphatic carbocycles. The smallest absolute Gasteiger partial charge is 0.227 e. The first-order chi connectivity index (χ1) is 21.7. The maximum Gasteiger partial charge on any atom is 0.227 e. The topological polar surface area (TPSA) is 76.6 Å². The van der Waals surface area contributed by atoms with Crippen LogP contribution in [-0.2, 0) is 11.3 Å². The van der Waals surface area contributed by atoms with Crippen molar-refractivity contribution in [3.05, 3.63) is 71.3 Å². The van der Waals surface area contributed by atoms with Gasteiger partial charge < -0.3 is 20.4 Å². The lowest BCUT2D eigenvalue weighted by Crippen LogP contribution is -2.47. The lowest BCUT2D eigenvalue weighted by atomic mass is 9.97. The molecule has 0 atom stereocenters. The van der Waals surface area contributed by atoms with Gasteiger partial charge in [-0.15, -0.1) is 0 Å². The summed E-state index contributed by atoms with van der Waals surface area (Å²) in [5, 5.41) is 6.53. The number of carbonyl (C=O) groups is 1. The molecule has 1 aromatic heterocycles. The van der Waals surface area contributed by atoms with Crippen molar-refractivity contribution >= 4 is 29.6 Å². The number of aromatic nitrogens is 2. The number of para-hydroxylation sites is 1. The highest BCUT2D eigenvalue weighted by Gasteiger charge is 2.30. The number of rotatable bonds is 11. The second-order valence-electron chi connectivity index (χ2n) is 12.4. The largest absolute Gasteiger partial charge is 0.383 e. The molecule has 2 aliphatic heterocycles. The average Bonchev–Trinajstić information content (AvgIpc) is 3.03. The Morgan fingerprint density at radius 1 is 1.07 bits per heavy atom. The van der Waals surface area contributed by atoms with E-state index in [0.29, 0.717) is 29.7 Å².